The minimum Gasteiger partial charge on any atom is -0.457 e. The fraction of sp³-hybridized carbons (Fsp3) is 0.348. The van der Waals surface area contributed by atoms with Crippen LogP contribution in [0, 0.1) is 12.8 Å². The van der Waals surface area contributed by atoms with Crippen LogP contribution in [0.5, 0.6) is 11.5 Å². The Morgan fingerprint density at radius 2 is 1.78 bits per heavy atom. The summed E-state index contributed by atoms with van der Waals surface area (Å²) in [5.74, 6) is 3.88. The van der Waals surface area contributed by atoms with E-state index in [1.54, 1.807) is 0 Å². The number of aryl methyl sites for hydroxylation is 2. The van der Waals surface area contributed by atoms with Crippen molar-refractivity contribution >= 4 is 5.82 Å². The first-order valence-corrected chi connectivity index (χ1v) is 9.94. The van der Waals surface area contributed by atoms with Gasteiger partial charge in [0.05, 0.1) is 11.3 Å². The molecule has 138 valence electrons. The first kappa shape index (κ1) is 16.4. The zero-order valence-corrected chi connectivity index (χ0v) is 15.8. The average molecular weight is 359 g/mol. The molecule has 2 aliphatic rings. The fourth-order valence-electron chi connectivity index (χ4n) is 4.05. The summed E-state index contributed by atoms with van der Waals surface area (Å²) in [4.78, 5) is 2.55. The van der Waals surface area contributed by atoms with E-state index >= 15 is 0 Å². The molecule has 4 nitrogen and oxygen atoms in total. The summed E-state index contributed by atoms with van der Waals surface area (Å²) in [7, 11) is 0. The van der Waals surface area contributed by atoms with Gasteiger partial charge in [0.25, 0.3) is 0 Å². The molecule has 2 heterocycles. The predicted molar refractivity (Wildman–Crippen MR) is 108 cm³/mol. The van der Waals surface area contributed by atoms with Crippen LogP contribution in [-0.4, -0.2) is 22.9 Å². The average Bonchev–Trinajstić information content (AvgIpc) is 3.43. The van der Waals surface area contributed by atoms with Gasteiger partial charge in [0, 0.05) is 25.2 Å². The lowest BCUT2D eigenvalue weighted by Gasteiger charge is -2.31. The van der Waals surface area contributed by atoms with Crippen LogP contribution in [0.25, 0.3) is 11.1 Å². The van der Waals surface area contributed by atoms with Gasteiger partial charge in [-0.15, -0.1) is 0 Å². The molecule has 0 saturated heterocycles. The number of ether oxygens (including phenoxy) is 1. The molecule has 1 aromatic heterocycles. The summed E-state index contributed by atoms with van der Waals surface area (Å²) < 4.78 is 8.46. The summed E-state index contributed by atoms with van der Waals surface area (Å²) in [5.41, 5.74) is 3.43. The maximum absolute atomic E-state index is 6.25. The van der Waals surface area contributed by atoms with E-state index in [2.05, 4.69) is 34.7 Å². The second-order valence-corrected chi connectivity index (χ2v) is 7.66. The van der Waals surface area contributed by atoms with Crippen LogP contribution in [0.1, 0.15) is 25.0 Å². The molecule has 1 aliphatic carbocycles. The second-order valence-electron chi connectivity index (χ2n) is 7.66. The molecule has 1 saturated carbocycles. The van der Waals surface area contributed by atoms with Crippen LogP contribution in [-0.2, 0) is 6.54 Å². The number of benzene rings is 2. The number of hydrogen-bond acceptors (Lipinski definition) is 3. The largest absolute Gasteiger partial charge is 0.457 e. The Hall–Kier alpha value is -2.75. The molecule has 3 aromatic rings. The number of aromatic nitrogens is 2. The van der Waals surface area contributed by atoms with E-state index in [1.165, 1.54) is 30.6 Å². The second kappa shape index (κ2) is 6.76. The minimum atomic E-state index is 0.857. The SMILES string of the molecule is Cc1nn2c(c1-c1ccccc1Oc1ccccc1)N(CC1CC1)CCC2. The minimum absolute atomic E-state index is 0.857. The predicted octanol–water partition coefficient (Wildman–Crippen LogP) is 5.27. The standard InChI is InChI=1S/C23H25N3O/c1-17-22(23-25(16-18-12-13-18)14-7-15-26(23)24-17)20-10-5-6-11-21(20)27-19-8-3-2-4-9-19/h2-6,8-11,18H,7,12-16H2,1H3. The van der Waals surface area contributed by atoms with Gasteiger partial charge in [0.2, 0.25) is 0 Å². The zero-order chi connectivity index (χ0) is 18.2. The smallest absolute Gasteiger partial charge is 0.135 e. The van der Waals surface area contributed by atoms with Crippen molar-refractivity contribution in [2.45, 2.75) is 32.7 Å². The number of hydrogen-bond donors (Lipinski definition) is 0. The number of anilines is 1. The molecule has 5 rings (SSSR count). The Labute approximate surface area is 160 Å². The quantitative estimate of drug-likeness (QED) is 0.621. The van der Waals surface area contributed by atoms with E-state index in [1.807, 2.05) is 36.4 Å². The van der Waals surface area contributed by atoms with Crippen LogP contribution in [0.3, 0.4) is 0 Å². The molecule has 1 aliphatic heterocycles. The molecule has 27 heavy (non-hydrogen) atoms. The summed E-state index contributed by atoms with van der Waals surface area (Å²) in [6.07, 6.45) is 3.90. The Morgan fingerprint density at radius 1 is 1.00 bits per heavy atom. The third kappa shape index (κ3) is 3.20. The first-order valence-electron chi connectivity index (χ1n) is 9.94. The van der Waals surface area contributed by atoms with Gasteiger partial charge in [0.1, 0.15) is 17.3 Å². The Kier molecular flexibility index (Phi) is 4.12. The van der Waals surface area contributed by atoms with Gasteiger partial charge in [-0.3, -0.25) is 0 Å². The zero-order valence-electron chi connectivity index (χ0n) is 15.8. The third-order valence-electron chi connectivity index (χ3n) is 5.50. The number of nitrogens with zero attached hydrogens (tertiary/aromatic N) is 3. The molecule has 0 N–H and O–H groups in total. The molecule has 0 atom stereocenters. The molecular weight excluding hydrogens is 334 g/mol. The van der Waals surface area contributed by atoms with Crippen molar-refractivity contribution in [2.75, 3.05) is 18.0 Å². The van der Waals surface area contributed by atoms with Crippen molar-refractivity contribution in [3.05, 3.63) is 60.3 Å². The Bertz CT molecular complexity index is 944. The molecule has 0 spiro atoms. The fourth-order valence-corrected chi connectivity index (χ4v) is 4.05. The van der Waals surface area contributed by atoms with Gasteiger partial charge in [-0.1, -0.05) is 36.4 Å². The third-order valence-corrected chi connectivity index (χ3v) is 5.50. The topological polar surface area (TPSA) is 30.3 Å². The van der Waals surface area contributed by atoms with Gasteiger partial charge in [-0.05, 0) is 50.3 Å². The summed E-state index contributed by atoms with van der Waals surface area (Å²) in [5, 5.41) is 4.87. The highest BCUT2D eigenvalue weighted by molar-refractivity contribution is 5.83. The number of para-hydroxylation sites is 2. The summed E-state index contributed by atoms with van der Waals surface area (Å²) in [6.45, 7) is 5.39. The van der Waals surface area contributed by atoms with Gasteiger partial charge in [-0.25, -0.2) is 4.68 Å². The molecular formula is C23H25N3O. The van der Waals surface area contributed by atoms with Gasteiger partial charge in [0.15, 0.2) is 0 Å². The number of rotatable bonds is 5. The molecule has 0 amide bonds. The first-order chi connectivity index (χ1) is 13.3. The van der Waals surface area contributed by atoms with Crippen molar-refractivity contribution < 1.29 is 4.74 Å². The Balaban J connectivity index is 1.58. The summed E-state index contributed by atoms with van der Waals surface area (Å²) in [6, 6.07) is 18.3. The van der Waals surface area contributed by atoms with E-state index in [-0.39, 0.29) is 0 Å². The van der Waals surface area contributed by atoms with Crippen LogP contribution in [0.4, 0.5) is 5.82 Å². The lowest BCUT2D eigenvalue weighted by molar-refractivity contribution is 0.484. The molecule has 4 heteroatoms. The van der Waals surface area contributed by atoms with E-state index in [4.69, 9.17) is 9.84 Å². The lowest BCUT2D eigenvalue weighted by Crippen LogP contribution is -2.34. The highest BCUT2D eigenvalue weighted by atomic mass is 16.5. The monoisotopic (exact) mass is 359 g/mol. The van der Waals surface area contributed by atoms with E-state index in [0.717, 1.165) is 48.3 Å². The highest BCUT2D eigenvalue weighted by Gasteiger charge is 2.31. The molecule has 2 aromatic carbocycles. The molecule has 0 unspecified atom stereocenters. The van der Waals surface area contributed by atoms with Gasteiger partial charge < -0.3 is 9.64 Å². The molecule has 0 radical (unpaired) electrons. The van der Waals surface area contributed by atoms with Crippen molar-refractivity contribution in [1.29, 1.82) is 0 Å². The molecule has 0 bridgehead atoms. The van der Waals surface area contributed by atoms with Crippen molar-refractivity contribution in [3.63, 3.8) is 0 Å². The van der Waals surface area contributed by atoms with Gasteiger partial charge >= 0.3 is 0 Å². The lowest BCUT2D eigenvalue weighted by atomic mass is 10.0. The van der Waals surface area contributed by atoms with Crippen LogP contribution >= 0.6 is 0 Å². The van der Waals surface area contributed by atoms with Crippen LogP contribution in [0.2, 0.25) is 0 Å². The van der Waals surface area contributed by atoms with Crippen LogP contribution in [0.15, 0.2) is 54.6 Å². The van der Waals surface area contributed by atoms with E-state index < -0.39 is 0 Å². The van der Waals surface area contributed by atoms with Crippen LogP contribution < -0.4 is 9.64 Å². The Morgan fingerprint density at radius 3 is 2.59 bits per heavy atom. The van der Waals surface area contributed by atoms with E-state index in [9.17, 15) is 0 Å². The maximum Gasteiger partial charge on any atom is 0.135 e. The van der Waals surface area contributed by atoms with Crippen molar-refractivity contribution in [3.8, 4) is 22.6 Å². The molecule has 1 fully saturated rings. The maximum atomic E-state index is 6.25. The number of fused-ring (bicyclic) bond motifs is 1. The summed E-state index contributed by atoms with van der Waals surface area (Å²) >= 11 is 0. The van der Waals surface area contributed by atoms with Crippen molar-refractivity contribution in [2.24, 2.45) is 5.92 Å². The normalized spacial score (nSPS) is 16.3. The van der Waals surface area contributed by atoms with Crippen molar-refractivity contribution in [1.82, 2.24) is 9.78 Å². The van der Waals surface area contributed by atoms with Gasteiger partial charge in [-0.2, -0.15) is 5.10 Å². The highest BCUT2D eigenvalue weighted by Crippen LogP contribution is 2.43. The van der Waals surface area contributed by atoms with E-state index in [0.29, 0.717) is 0 Å².